The number of furan rings is 1. The molecular weight excluding hydrogens is 869 g/mol. The lowest BCUT2D eigenvalue weighted by Gasteiger charge is -2.16. The Kier molecular flexibility index (Phi) is 8.04. The van der Waals surface area contributed by atoms with E-state index in [1.54, 1.807) is 22.7 Å². The molecular formula is C61H34N4OS2. The molecule has 0 spiro atoms. The van der Waals surface area contributed by atoms with Gasteiger partial charge in [-0.1, -0.05) is 127 Å². The zero-order valence-corrected chi connectivity index (χ0v) is 37.8. The number of hydrogen-bond donors (Lipinski definition) is 0. The summed E-state index contributed by atoms with van der Waals surface area (Å²) in [5.41, 5.74) is 9.97. The highest BCUT2D eigenvalue weighted by molar-refractivity contribution is 7.26. The Morgan fingerprint density at radius 3 is 1.53 bits per heavy atom. The maximum Gasteiger partial charge on any atom is 0.164 e. The summed E-state index contributed by atoms with van der Waals surface area (Å²) in [5.74, 6) is 1.87. The van der Waals surface area contributed by atoms with Gasteiger partial charge in [0.25, 0.3) is 0 Å². The van der Waals surface area contributed by atoms with Crippen molar-refractivity contribution in [1.82, 2.24) is 19.5 Å². The summed E-state index contributed by atoms with van der Waals surface area (Å²) in [6.45, 7) is 0. The zero-order valence-electron chi connectivity index (χ0n) is 36.1. The Bertz CT molecular complexity index is 4460. The first-order valence-corrected chi connectivity index (χ1v) is 24.4. The molecule has 7 heteroatoms. The Morgan fingerprint density at radius 2 is 0.838 bits per heavy atom. The summed E-state index contributed by atoms with van der Waals surface area (Å²) < 4.78 is 13.7. The molecule has 0 unspecified atom stereocenters. The average Bonchev–Trinajstić information content (AvgIpc) is 4.16. The van der Waals surface area contributed by atoms with Crippen molar-refractivity contribution in [3.8, 4) is 51.0 Å². The van der Waals surface area contributed by atoms with Gasteiger partial charge in [0.2, 0.25) is 0 Å². The van der Waals surface area contributed by atoms with Crippen LogP contribution in [0.5, 0.6) is 0 Å². The van der Waals surface area contributed by atoms with Gasteiger partial charge in [-0.3, -0.25) is 0 Å². The molecule has 0 fully saturated rings. The summed E-state index contributed by atoms with van der Waals surface area (Å²) in [6, 6.07) is 74.0. The minimum atomic E-state index is 0.605. The predicted octanol–water partition coefficient (Wildman–Crippen LogP) is 17.4. The minimum absolute atomic E-state index is 0.605. The van der Waals surface area contributed by atoms with E-state index in [0.717, 1.165) is 66.5 Å². The fourth-order valence-electron chi connectivity index (χ4n) is 10.4. The standard InChI is InChI=1S/C61H34N4OS2/c1-2-12-36-32-52-48(29-35(36)11-1)41-13-3-7-17-50(41)65(52)51-27-23-38(31-47(51)37-24-28-54-49(30-37)42-14-4-8-18-53(42)66-54)59-62-60(39-21-25-45-43-15-5-9-19-55(43)67-57(45)33-39)64-61(63-59)40-22-26-46-44-16-6-10-20-56(44)68-58(46)34-40/h1-34H. The third kappa shape index (κ3) is 5.76. The summed E-state index contributed by atoms with van der Waals surface area (Å²) in [5, 5.41) is 12.0. The van der Waals surface area contributed by atoms with Crippen LogP contribution in [0.25, 0.3) is 146 Å². The van der Waals surface area contributed by atoms with Crippen LogP contribution in [0.4, 0.5) is 0 Å². The number of nitrogens with zero attached hydrogens (tertiary/aromatic N) is 4. The Hall–Kier alpha value is -8.49. The normalized spacial score (nSPS) is 12.1. The molecule has 0 radical (unpaired) electrons. The van der Waals surface area contributed by atoms with Crippen molar-refractivity contribution in [1.29, 1.82) is 0 Å². The van der Waals surface area contributed by atoms with Gasteiger partial charge in [0.1, 0.15) is 11.2 Å². The van der Waals surface area contributed by atoms with Crippen molar-refractivity contribution in [2.75, 3.05) is 0 Å². The van der Waals surface area contributed by atoms with Crippen LogP contribution < -0.4 is 0 Å². The molecule has 5 heterocycles. The number of fused-ring (bicyclic) bond motifs is 13. The van der Waals surface area contributed by atoms with Crippen molar-refractivity contribution in [3.05, 3.63) is 206 Å². The molecule has 10 aromatic carbocycles. The molecule has 0 aliphatic rings. The van der Waals surface area contributed by atoms with Crippen LogP contribution in [0.15, 0.2) is 211 Å². The molecule has 68 heavy (non-hydrogen) atoms. The molecule has 15 rings (SSSR count). The predicted molar refractivity (Wildman–Crippen MR) is 286 cm³/mol. The van der Waals surface area contributed by atoms with Crippen LogP contribution in [0.3, 0.4) is 0 Å². The lowest BCUT2D eigenvalue weighted by molar-refractivity contribution is 0.669. The number of para-hydroxylation sites is 2. The second kappa shape index (κ2) is 14.5. The van der Waals surface area contributed by atoms with Crippen molar-refractivity contribution in [2.45, 2.75) is 0 Å². The monoisotopic (exact) mass is 902 g/mol. The number of benzene rings is 10. The average molecular weight is 903 g/mol. The van der Waals surface area contributed by atoms with Gasteiger partial charge in [-0.05, 0) is 95.2 Å². The number of thiophene rings is 2. The highest BCUT2D eigenvalue weighted by Gasteiger charge is 2.21. The largest absolute Gasteiger partial charge is 0.456 e. The van der Waals surface area contributed by atoms with Gasteiger partial charge in [-0.15, -0.1) is 22.7 Å². The second-order valence-corrected chi connectivity index (χ2v) is 19.7. The lowest BCUT2D eigenvalue weighted by atomic mass is 9.98. The van der Waals surface area contributed by atoms with E-state index >= 15 is 0 Å². The Balaban J connectivity index is 0.986. The van der Waals surface area contributed by atoms with Crippen LogP contribution in [-0.2, 0) is 0 Å². The SMILES string of the molecule is c1ccc2cc3c(cc2c1)c1ccccc1n3-c1ccc(-c2nc(-c3ccc4c(c3)sc3ccccc34)nc(-c3ccc4c(c3)sc3ccccc34)n2)cc1-c1ccc2oc3ccccc3c2c1. The van der Waals surface area contributed by atoms with Crippen LogP contribution in [-0.4, -0.2) is 19.5 Å². The summed E-state index contributed by atoms with van der Waals surface area (Å²) in [7, 11) is 0. The van der Waals surface area contributed by atoms with Gasteiger partial charge in [0.15, 0.2) is 17.5 Å². The van der Waals surface area contributed by atoms with E-state index in [0.29, 0.717) is 17.5 Å². The first-order valence-electron chi connectivity index (χ1n) is 22.7. The topological polar surface area (TPSA) is 56.7 Å². The zero-order chi connectivity index (χ0) is 44.5. The van der Waals surface area contributed by atoms with Gasteiger partial charge in [0, 0.05) is 84.1 Å². The van der Waals surface area contributed by atoms with E-state index in [-0.39, 0.29) is 0 Å². The van der Waals surface area contributed by atoms with Crippen molar-refractivity contribution >= 4 is 118 Å². The number of hydrogen-bond acceptors (Lipinski definition) is 6. The van der Waals surface area contributed by atoms with Gasteiger partial charge in [-0.25, -0.2) is 15.0 Å². The first-order chi connectivity index (χ1) is 33.6. The van der Waals surface area contributed by atoms with Gasteiger partial charge < -0.3 is 8.98 Å². The van der Waals surface area contributed by atoms with E-state index < -0.39 is 0 Å². The highest BCUT2D eigenvalue weighted by Crippen LogP contribution is 2.43. The Morgan fingerprint density at radius 1 is 0.324 bits per heavy atom. The molecule has 15 aromatic rings. The van der Waals surface area contributed by atoms with Crippen LogP contribution in [0.1, 0.15) is 0 Å². The fourth-order valence-corrected chi connectivity index (χ4v) is 12.7. The van der Waals surface area contributed by atoms with E-state index in [4.69, 9.17) is 19.4 Å². The first kappa shape index (κ1) is 37.7. The van der Waals surface area contributed by atoms with Crippen molar-refractivity contribution < 1.29 is 4.42 Å². The molecule has 0 amide bonds. The van der Waals surface area contributed by atoms with Crippen LogP contribution >= 0.6 is 22.7 Å². The highest BCUT2D eigenvalue weighted by atomic mass is 32.1. The second-order valence-electron chi connectivity index (χ2n) is 17.5. The molecule has 0 saturated heterocycles. The molecule has 0 bridgehead atoms. The molecule has 0 atom stereocenters. The quantitative estimate of drug-likeness (QED) is 0.173. The smallest absolute Gasteiger partial charge is 0.164 e. The van der Waals surface area contributed by atoms with Crippen LogP contribution in [0.2, 0.25) is 0 Å². The van der Waals surface area contributed by atoms with E-state index in [1.165, 1.54) is 61.9 Å². The summed E-state index contributed by atoms with van der Waals surface area (Å²) in [6.07, 6.45) is 0. The third-order valence-corrected chi connectivity index (χ3v) is 15.9. The van der Waals surface area contributed by atoms with E-state index in [9.17, 15) is 0 Å². The Labute approximate surface area is 396 Å². The van der Waals surface area contributed by atoms with Crippen molar-refractivity contribution in [2.24, 2.45) is 0 Å². The fraction of sp³-hybridized carbons (Fsp3) is 0. The number of aromatic nitrogens is 4. The van der Waals surface area contributed by atoms with Gasteiger partial charge in [0.05, 0.1) is 16.7 Å². The maximum atomic E-state index is 6.36. The van der Waals surface area contributed by atoms with Gasteiger partial charge >= 0.3 is 0 Å². The summed E-state index contributed by atoms with van der Waals surface area (Å²) in [4.78, 5) is 16.0. The maximum absolute atomic E-state index is 6.36. The van der Waals surface area contributed by atoms with Gasteiger partial charge in [-0.2, -0.15) is 0 Å². The van der Waals surface area contributed by atoms with E-state index in [2.05, 4.69) is 199 Å². The molecule has 0 aliphatic heterocycles. The summed E-state index contributed by atoms with van der Waals surface area (Å²) >= 11 is 3.60. The molecule has 5 nitrogen and oxygen atoms in total. The minimum Gasteiger partial charge on any atom is -0.456 e. The van der Waals surface area contributed by atoms with Crippen LogP contribution in [0, 0.1) is 0 Å². The molecule has 0 N–H and O–H groups in total. The van der Waals surface area contributed by atoms with Crippen molar-refractivity contribution in [3.63, 3.8) is 0 Å². The molecule has 316 valence electrons. The molecule has 0 saturated carbocycles. The third-order valence-electron chi connectivity index (χ3n) is 13.6. The number of rotatable bonds is 5. The molecule has 0 aliphatic carbocycles. The van der Waals surface area contributed by atoms with E-state index in [1.807, 2.05) is 12.1 Å². The lowest BCUT2D eigenvalue weighted by Crippen LogP contribution is -2.02. The molecule has 5 aromatic heterocycles.